The molecule has 1 aliphatic heterocycles. The van der Waals surface area contributed by atoms with Crippen LogP contribution in [0.1, 0.15) is 19.3 Å². The van der Waals surface area contributed by atoms with Crippen molar-refractivity contribution in [3.8, 4) is 0 Å². The first-order valence-electron chi connectivity index (χ1n) is 5.22. The number of anilines is 1. The first-order valence-corrected chi connectivity index (χ1v) is 7.02. The summed E-state index contributed by atoms with van der Waals surface area (Å²) >= 11 is 3.21. The van der Waals surface area contributed by atoms with Crippen LogP contribution in [0.2, 0.25) is 0 Å². The Morgan fingerprint density at radius 3 is 2.80 bits per heavy atom. The van der Waals surface area contributed by atoms with Gasteiger partial charge >= 0.3 is 0 Å². The van der Waals surface area contributed by atoms with Crippen LogP contribution in [0.5, 0.6) is 0 Å². The lowest BCUT2D eigenvalue weighted by molar-refractivity contribution is 0.322. The molecule has 2 rings (SSSR count). The molecule has 1 aliphatic rings. The van der Waals surface area contributed by atoms with Crippen molar-refractivity contribution in [3.63, 3.8) is 0 Å². The molecule has 0 amide bonds. The zero-order chi connectivity index (χ0) is 10.5. The summed E-state index contributed by atoms with van der Waals surface area (Å²) in [6.07, 6.45) is 3.86. The number of piperidine rings is 1. The SMILES string of the molecule is OCCSc1nnc(N2CCCCC2)s1. The summed E-state index contributed by atoms with van der Waals surface area (Å²) in [7, 11) is 0. The third-order valence-electron chi connectivity index (χ3n) is 2.34. The second-order valence-corrected chi connectivity index (χ2v) is 5.77. The van der Waals surface area contributed by atoms with Crippen LogP contribution < -0.4 is 4.90 Å². The van der Waals surface area contributed by atoms with Gasteiger partial charge < -0.3 is 10.0 Å². The van der Waals surface area contributed by atoms with Crippen LogP contribution in [0.25, 0.3) is 0 Å². The minimum absolute atomic E-state index is 0.198. The quantitative estimate of drug-likeness (QED) is 0.817. The van der Waals surface area contributed by atoms with E-state index in [0.29, 0.717) is 5.75 Å². The first-order chi connectivity index (χ1) is 7.40. The Labute approximate surface area is 97.7 Å². The van der Waals surface area contributed by atoms with Crippen molar-refractivity contribution in [2.75, 3.05) is 30.3 Å². The number of hydrogen-bond donors (Lipinski definition) is 1. The Balaban J connectivity index is 1.93. The fourth-order valence-electron chi connectivity index (χ4n) is 1.61. The van der Waals surface area contributed by atoms with Gasteiger partial charge in [-0.3, -0.25) is 0 Å². The second-order valence-electron chi connectivity index (χ2n) is 3.47. The second kappa shape index (κ2) is 5.67. The van der Waals surface area contributed by atoms with Gasteiger partial charge in [0.2, 0.25) is 5.13 Å². The molecule has 1 aromatic heterocycles. The number of aromatic nitrogens is 2. The maximum Gasteiger partial charge on any atom is 0.209 e. The molecule has 0 atom stereocenters. The van der Waals surface area contributed by atoms with Crippen molar-refractivity contribution in [2.45, 2.75) is 23.6 Å². The van der Waals surface area contributed by atoms with E-state index in [-0.39, 0.29) is 6.61 Å². The Bertz CT molecular complexity index is 299. The fourth-order valence-corrected chi connectivity index (χ4v) is 3.31. The van der Waals surface area contributed by atoms with Crippen molar-refractivity contribution in [3.05, 3.63) is 0 Å². The molecule has 0 radical (unpaired) electrons. The van der Waals surface area contributed by atoms with Crippen molar-refractivity contribution < 1.29 is 5.11 Å². The maximum absolute atomic E-state index is 8.71. The van der Waals surface area contributed by atoms with Gasteiger partial charge in [0, 0.05) is 18.8 Å². The number of rotatable bonds is 4. The summed E-state index contributed by atoms with van der Waals surface area (Å²) in [5.74, 6) is 0.703. The van der Waals surface area contributed by atoms with Crippen LogP contribution in [0.4, 0.5) is 5.13 Å². The molecule has 1 N–H and O–H groups in total. The van der Waals surface area contributed by atoms with Crippen LogP contribution in [0.3, 0.4) is 0 Å². The highest BCUT2D eigenvalue weighted by Crippen LogP contribution is 2.29. The monoisotopic (exact) mass is 245 g/mol. The van der Waals surface area contributed by atoms with E-state index in [9.17, 15) is 0 Å². The summed E-state index contributed by atoms with van der Waals surface area (Å²) in [5.41, 5.74) is 0. The summed E-state index contributed by atoms with van der Waals surface area (Å²) in [5, 5.41) is 18.0. The molecule has 4 nitrogen and oxygen atoms in total. The van der Waals surface area contributed by atoms with E-state index in [0.717, 1.165) is 22.6 Å². The molecule has 6 heteroatoms. The Morgan fingerprint density at radius 1 is 1.27 bits per heavy atom. The van der Waals surface area contributed by atoms with Crippen molar-refractivity contribution in [1.82, 2.24) is 10.2 Å². The van der Waals surface area contributed by atoms with Crippen LogP contribution >= 0.6 is 23.1 Å². The number of thioether (sulfide) groups is 1. The van der Waals surface area contributed by atoms with E-state index in [4.69, 9.17) is 5.11 Å². The molecule has 0 saturated carbocycles. The lowest BCUT2D eigenvalue weighted by Gasteiger charge is -2.25. The smallest absolute Gasteiger partial charge is 0.209 e. The van der Waals surface area contributed by atoms with Gasteiger partial charge in [0.1, 0.15) is 0 Å². The van der Waals surface area contributed by atoms with Crippen LogP contribution in [0.15, 0.2) is 4.34 Å². The Kier molecular flexibility index (Phi) is 4.22. The predicted octanol–water partition coefficient (Wildman–Crippen LogP) is 1.61. The molecule has 0 aromatic carbocycles. The fraction of sp³-hybridized carbons (Fsp3) is 0.778. The molecule has 0 unspecified atom stereocenters. The minimum Gasteiger partial charge on any atom is -0.396 e. The number of aliphatic hydroxyl groups excluding tert-OH is 1. The summed E-state index contributed by atoms with van der Waals surface area (Å²) in [6.45, 7) is 2.42. The maximum atomic E-state index is 8.71. The highest BCUT2D eigenvalue weighted by atomic mass is 32.2. The first kappa shape index (κ1) is 11.2. The Morgan fingerprint density at radius 2 is 2.07 bits per heavy atom. The molecule has 0 aliphatic carbocycles. The molecule has 1 fully saturated rings. The normalized spacial score (nSPS) is 17.0. The molecular weight excluding hydrogens is 230 g/mol. The van der Waals surface area contributed by atoms with Gasteiger partial charge in [0.25, 0.3) is 0 Å². The third kappa shape index (κ3) is 3.06. The molecule has 0 spiro atoms. The number of nitrogens with zero attached hydrogens (tertiary/aromatic N) is 3. The lowest BCUT2D eigenvalue weighted by Crippen LogP contribution is -2.29. The minimum atomic E-state index is 0.198. The van der Waals surface area contributed by atoms with Crippen LogP contribution in [-0.2, 0) is 0 Å². The van der Waals surface area contributed by atoms with Gasteiger partial charge in [-0.1, -0.05) is 23.1 Å². The number of hydrogen-bond acceptors (Lipinski definition) is 6. The van der Waals surface area contributed by atoms with Gasteiger partial charge in [-0.15, -0.1) is 10.2 Å². The topological polar surface area (TPSA) is 49.3 Å². The highest BCUT2D eigenvalue weighted by Gasteiger charge is 2.15. The van der Waals surface area contributed by atoms with E-state index in [1.165, 1.54) is 19.3 Å². The zero-order valence-corrected chi connectivity index (χ0v) is 10.2. The highest BCUT2D eigenvalue weighted by molar-refractivity contribution is 8.01. The molecule has 84 valence electrons. The summed E-state index contributed by atoms with van der Waals surface area (Å²) < 4.78 is 0.963. The lowest BCUT2D eigenvalue weighted by atomic mass is 10.1. The van der Waals surface area contributed by atoms with Gasteiger partial charge in [-0.05, 0) is 19.3 Å². The summed E-state index contributed by atoms with van der Waals surface area (Å²) in [6, 6.07) is 0. The molecule has 15 heavy (non-hydrogen) atoms. The standard InChI is InChI=1S/C9H15N3OS2/c13-6-7-14-9-11-10-8(15-9)12-4-2-1-3-5-12/h13H,1-7H2. The molecular formula is C9H15N3OS2. The van der Waals surface area contributed by atoms with E-state index < -0.39 is 0 Å². The van der Waals surface area contributed by atoms with Crippen molar-refractivity contribution in [2.24, 2.45) is 0 Å². The van der Waals surface area contributed by atoms with Gasteiger partial charge in [-0.25, -0.2) is 0 Å². The van der Waals surface area contributed by atoms with E-state index in [1.807, 2.05) is 0 Å². The van der Waals surface area contributed by atoms with Gasteiger partial charge in [-0.2, -0.15) is 0 Å². The molecule has 2 heterocycles. The largest absolute Gasteiger partial charge is 0.396 e. The third-order valence-corrected chi connectivity index (χ3v) is 4.44. The average Bonchev–Trinajstić information content (AvgIpc) is 2.76. The zero-order valence-electron chi connectivity index (χ0n) is 8.56. The van der Waals surface area contributed by atoms with Crippen molar-refractivity contribution >= 4 is 28.2 Å². The van der Waals surface area contributed by atoms with E-state index in [1.54, 1.807) is 23.1 Å². The van der Waals surface area contributed by atoms with Gasteiger partial charge in [0.15, 0.2) is 4.34 Å². The summed E-state index contributed by atoms with van der Waals surface area (Å²) in [4.78, 5) is 2.31. The van der Waals surface area contributed by atoms with Gasteiger partial charge in [0.05, 0.1) is 6.61 Å². The molecule has 1 aromatic rings. The van der Waals surface area contributed by atoms with E-state index >= 15 is 0 Å². The van der Waals surface area contributed by atoms with Crippen LogP contribution in [0, 0.1) is 0 Å². The van der Waals surface area contributed by atoms with E-state index in [2.05, 4.69) is 15.1 Å². The number of aliphatic hydroxyl groups is 1. The van der Waals surface area contributed by atoms with Crippen molar-refractivity contribution in [1.29, 1.82) is 0 Å². The molecule has 0 bridgehead atoms. The molecule has 1 saturated heterocycles. The Hall–Kier alpha value is -0.330. The van der Waals surface area contributed by atoms with Crippen LogP contribution in [-0.4, -0.2) is 40.8 Å². The predicted molar refractivity (Wildman–Crippen MR) is 63.8 cm³/mol. The average molecular weight is 245 g/mol.